The normalized spacial score (nSPS) is 11.6. The van der Waals surface area contributed by atoms with Gasteiger partial charge in [-0.05, 0) is 38.5 Å². The molecule has 0 unspecified atom stereocenters. The summed E-state index contributed by atoms with van der Waals surface area (Å²) in [7, 11) is 1.80. The first-order chi connectivity index (χ1) is 7.38. The molecule has 0 bridgehead atoms. The van der Waals surface area contributed by atoms with Crippen LogP contribution in [0.4, 0.5) is 10.1 Å². The van der Waals surface area contributed by atoms with Crippen LogP contribution in [-0.2, 0) is 0 Å². The Balaban J connectivity index is 3.03. The number of halogens is 2. The van der Waals surface area contributed by atoms with Crippen molar-refractivity contribution in [3.63, 3.8) is 0 Å². The lowest BCUT2D eigenvalue weighted by atomic mass is 9.98. The molecule has 0 spiro atoms. The average Bonchev–Trinajstić information content (AvgIpc) is 2.20. The van der Waals surface area contributed by atoms with Crippen LogP contribution >= 0.6 is 11.6 Å². The molecule has 0 aromatic heterocycles. The van der Waals surface area contributed by atoms with E-state index in [-0.39, 0.29) is 18.0 Å². The second-order valence-electron chi connectivity index (χ2n) is 4.44. The van der Waals surface area contributed by atoms with Gasteiger partial charge in [-0.1, -0.05) is 11.6 Å². The summed E-state index contributed by atoms with van der Waals surface area (Å²) in [4.78, 5) is 1.80. The molecule has 1 N–H and O–H groups in total. The number of nitrogens with zero attached hydrogens (tertiary/aromatic N) is 1. The first-order valence-corrected chi connectivity index (χ1v) is 5.56. The van der Waals surface area contributed by atoms with Gasteiger partial charge in [0.05, 0.1) is 5.69 Å². The minimum atomic E-state index is -0.319. The fourth-order valence-corrected chi connectivity index (χ4v) is 1.68. The highest BCUT2D eigenvalue weighted by molar-refractivity contribution is 6.30. The van der Waals surface area contributed by atoms with Crippen LogP contribution in [0.15, 0.2) is 18.2 Å². The number of anilines is 1. The van der Waals surface area contributed by atoms with Crippen molar-refractivity contribution in [3.8, 4) is 0 Å². The molecule has 4 heteroatoms. The minimum absolute atomic E-state index is 0.0690. The van der Waals surface area contributed by atoms with Crippen molar-refractivity contribution in [2.75, 3.05) is 18.6 Å². The number of benzene rings is 1. The van der Waals surface area contributed by atoms with Crippen molar-refractivity contribution >= 4 is 17.3 Å². The highest BCUT2D eigenvalue weighted by Gasteiger charge is 2.25. The fraction of sp³-hybridized carbons (Fsp3) is 0.500. The molecule has 0 aliphatic rings. The van der Waals surface area contributed by atoms with Crippen molar-refractivity contribution < 1.29 is 9.50 Å². The molecule has 0 amide bonds. The summed E-state index contributed by atoms with van der Waals surface area (Å²) >= 11 is 5.85. The lowest BCUT2D eigenvalue weighted by Crippen LogP contribution is -2.42. The predicted octanol–water partition coefficient (Wildman–Crippen LogP) is 3.08. The fourth-order valence-electron chi connectivity index (χ4n) is 1.51. The van der Waals surface area contributed by atoms with Crippen LogP contribution in [0, 0.1) is 5.82 Å². The average molecular weight is 246 g/mol. The van der Waals surface area contributed by atoms with Crippen LogP contribution < -0.4 is 4.90 Å². The summed E-state index contributed by atoms with van der Waals surface area (Å²) in [5.74, 6) is -0.307. The van der Waals surface area contributed by atoms with Gasteiger partial charge in [-0.25, -0.2) is 4.39 Å². The molecule has 0 heterocycles. The number of hydrogen-bond acceptors (Lipinski definition) is 2. The van der Waals surface area contributed by atoms with Gasteiger partial charge in [0.15, 0.2) is 0 Å². The number of aliphatic hydroxyl groups is 1. The van der Waals surface area contributed by atoms with Crippen molar-refractivity contribution in [1.29, 1.82) is 0 Å². The maximum Gasteiger partial charge on any atom is 0.146 e. The SMILES string of the molecule is CN(c1cc(Cl)ccc1F)C(C)(C)CCO. The molecule has 0 saturated carbocycles. The Bertz CT molecular complexity index is 368. The molecule has 90 valence electrons. The van der Waals surface area contributed by atoms with Crippen molar-refractivity contribution in [2.45, 2.75) is 25.8 Å². The summed E-state index contributed by atoms with van der Waals surface area (Å²) in [6.07, 6.45) is 0.565. The molecule has 0 atom stereocenters. The van der Waals surface area contributed by atoms with E-state index in [1.165, 1.54) is 12.1 Å². The first kappa shape index (κ1) is 13.3. The largest absolute Gasteiger partial charge is 0.396 e. The molecule has 1 rings (SSSR count). The molecule has 0 aliphatic carbocycles. The topological polar surface area (TPSA) is 23.5 Å². The second-order valence-corrected chi connectivity index (χ2v) is 4.88. The summed E-state index contributed by atoms with van der Waals surface area (Å²) < 4.78 is 13.6. The van der Waals surface area contributed by atoms with E-state index in [1.54, 1.807) is 18.0 Å². The quantitative estimate of drug-likeness (QED) is 0.881. The number of rotatable bonds is 4. The highest BCUT2D eigenvalue weighted by atomic mass is 35.5. The third-order valence-corrected chi connectivity index (χ3v) is 3.14. The van der Waals surface area contributed by atoms with E-state index < -0.39 is 0 Å². The van der Waals surface area contributed by atoms with Gasteiger partial charge in [-0.15, -0.1) is 0 Å². The summed E-state index contributed by atoms with van der Waals surface area (Å²) in [5, 5.41) is 9.48. The van der Waals surface area contributed by atoms with Gasteiger partial charge in [0.1, 0.15) is 5.82 Å². The van der Waals surface area contributed by atoms with E-state index in [4.69, 9.17) is 16.7 Å². The molecule has 2 nitrogen and oxygen atoms in total. The Morgan fingerprint density at radius 3 is 2.62 bits per heavy atom. The highest BCUT2D eigenvalue weighted by Crippen LogP contribution is 2.29. The molecule has 0 radical (unpaired) electrons. The molecule has 0 saturated heterocycles. The third-order valence-electron chi connectivity index (χ3n) is 2.90. The zero-order valence-electron chi connectivity index (χ0n) is 9.80. The van der Waals surface area contributed by atoms with E-state index in [0.29, 0.717) is 17.1 Å². The smallest absolute Gasteiger partial charge is 0.146 e. The summed E-state index contributed by atoms with van der Waals surface area (Å²) in [6, 6.07) is 4.46. The standard InChI is InChI=1S/C12H17ClFNO/c1-12(2,6-7-16)15(3)11-8-9(13)4-5-10(11)14/h4-5,8,16H,6-7H2,1-3H3. The lowest BCUT2D eigenvalue weighted by Gasteiger charge is -2.37. The predicted molar refractivity (Wildman–Crippen MR) is 65.6 cm³/mol. The molecule has 1 aromatic carbocycles. The number of hydrogen-bond donors (Lipinski definition) is 1. The van der Waals surface area contributed by atoms with Crippen LogP contribution in [-0.4, -0.2) is 24.3 Å². The van der Waals surface area contributed by atoms with E-state index >= 15 is 0 Å². The summed E-state index contributed by atoms with van der Waals surface area (Å²) in [6.45, 7) is 3.96. The van der Waals surface area contributed by atoms with Crippen LogP contribution in [0.3, 0.4) is 0 Å². The van der Waals surface area contributed by atoms with Crippen molar-refractivity contribution in [1.82, 2.24) is 0 Å². The molecular formula is C12H17ClFNO. The van der Waals surface area contributed by atoms with Crippen LogP contribution in [0.2, 0.25) is 5.02 Å². The Morgan fingerprint density at radius 2 is 2.06 bits per heavy atom. The molecule has 0 fully saturated rings. The monoisotopic (exact) mass is 245 g/mol. The minimum Gasteiger partial charge on any atom is -0.396 e. The molecule has 0 aliphatic heterocycles. The Hall–Kier alpha value is -0.800. The lowest BCUT2D eigenvalue weighted by molar-refractivity contribution is 0.250. The second kappa shape index (κ2) is 5.02. The van der Waals surface area contributed by atoms with E-state index in [0.717, 1.165) is 0 Å². The first-order valence-electron chi connectivity index (χ1n) is 5.18. The molecular weight excluding hydrogens is 229 g/mol. The maximum absolute atomic E-state index is 13.6. The van der Waals surface area contributed by atoms with Gasteiger partial charge in [-0.3, -0.25) is 0 Å². The van der Waals surface area contributed by atoms with E-state index in [2.05, 4.69) is 0 Å². The van der Waals surface area contributed by atoms with Gasteiger partial charge < -0.3 is 10.0 Å². The van der Waals surface area contributed by atoms with Crippen LogP contribution in [0.25, 0.3) is 0 Å². The zero-order valence-corrected chi connectivity index (χ0v) is 10.6. The molecule has 1 aromatic rings. The van der Waals surface area contributed by atoms with Crippen molar-refractivity contribution in [3.05, 3.63) is 29.0 Å². The van der Waals surface area contributed by atoms with Gasteiger partial charge in [0, 0.05) is 24.2 Å². The van der Waals surface area contributed by atoms with Gasteiger partial charge in [0.2, 0.25) is 0 Å². The third kappa shape index (κ3) is 2.86. The Morgan fingerprint density at radius 1 is 1.44 bits per heavy atom. The van der Waals surface area contributed by atoms with Crippen molar-refractivity contribution in [2.24, 2.45) is 0 Å². The summed E-state index contributed by atoms with van der Waals surface area (Å²) in [5.41, 5.74) is 0.131. The van der Waals surface area contributed by atoms with Crippen LogP contribution in [0.5, 0.6) is 0 Å². The van der Waals surface area contributed by atoms with Crippen LogP contribution in [0.1, 0.15) is 20.3 Å². The van der Waals surface area contributed by atoms with E-state index in [9.17, 15) is 4.39 Å². The zero-order chi connectivity index (χ0) is 12.3. The Kier molecular flexibility index (Phi) is 4.16. The number of aliphatic hydroxyl groups excluding tert-OH is 1. The Labute approximate surface area is 101 Å². The molecule has 16 heavy (non-hydrogen) atoms. The van der Waals surface area contributed by atoms with Gasteiger partial charge >= 0.3 is 0 Å². The van der Waals surface area contributed by atoms with Gasteiger partial charge in [0.25, 0.3) is 0 Å². The van der Waals surface area contributed by atoms with E-state index in [1.807, 2.05) is 13.8 Å². The van der Waals surface area contributed by atoms with Gasteiger partial charge in [-0.2, -0.15) is 0 Å². The maximum atomic E-state index is 13.6.